The van der Waals surface area contributed by atoms with Gasteiger partial charge in [-0.25, -0.2) is 0 Å². The normalized spacial score (nSPS) is 12.4. The van der Waals surface area contributed by atoms with Crippen molar-refractivity contribution in [2.45, 2.75) is 77.6 Å². The maximum Gasteiger partial charge on any atom is 0.221 e. The molecule has 0 heterocycles. The van der Waals surface area contributed by atoms with E-state index in [9.17, 15) is 4.79 Å². The Kier molecular flexibility index (Phi) is 18.1. The Balaban J connectivity index is 3.39. The van der Waals surface area contributed by atoms with Crippen LogP contribution in [0.15, 0.2) is 48.6 Å². The van der Waals surface area contributed by atoms with Crippen LogP contribution in [-0.2, 0) is 4.79 Å². The molecule has 23 heavy (non-hydrogen) atoms. The fourth-order valence-corrected chi connectivity index (χ4v) is 2.22. The third-order valence-corrected chi connectivity index (χ3v) is 3.64. The number of halogens is 1. The Morgan fingerprint density at radius 2 is 1.13 bits per heavy atom. The Morgan fingerprint density at radius 1 is 0.696 bits per heavy atom. The summed E-state index contributed by atoms with van der Waals surface area (Å²) >= 11 is 5.28. The van der Waals surface area contributed by atoms with E-state index >= 15 is 0 Å². The largest absolute Gasteiger partial charge is 0.281 e. The van der Waals surface area contributed by atoms with Crippen LogP contribution in [0.25, 0.3) is 0 Å². The molecular formula is C21H33ClO. The lowest BCUT2D eigenvalue weighted by Crippen LogP contribution is -1.84. The van der Waals surface area contributed by atoms with Crippen molar-refractivity contribution in [2.75, 3.05) is 0 Å². The van der Waals surface area contributed by atoms with Gasteiger partial charge in [-0.2, -0.15) is 0 Å². The standard InChI is InChI=1S/C21H33ClO/c1-2-3-4-5-6-7-8-9-10-11-12-13-14-15-16-17-18-19-20-21(22)23/h6-7,9-10,12-13,15-16H,2-5,8,11,14,17-20H2,1H3/b7-6+,10-9-,13-12-,16-15+. The van der Waals surface area contributed by atoms with Gasteiger partial charge in [-0.15, -0.1) is 0 Å². The van der Waals surface area contributed by atoms with Gasteiger partial charge in [0.15, 0.2) is 0 Å². The maximum absolute atomic E-state index is 10.5. The van der Waals surface area contributed by atoms with E-state index in [2.05, 4.69) is 55.5 Å². The van der Waals surface area contributed by atoms with E-state index in [0.717, 1.165) is 38.5 Å². The molecular weight excluding hydrogens is 304 g/mol. The molecule has 0 unspecified atom stereocenters. The summed E-state index contributed by atoms with van der Waals surface area (Å²) in [7, 11) is 0. The minimum Gasteiger partial charge on any atom is -0.281 e. The number of carbonyl (C=O) groups is 1. The first-order chi connectivity index (χ1) is 11.3. The molecule has 0 spiro atoms. The van der Waals surface area contributed by atoms with E-state index < -0.39 is 0 Å². The average molecular weight is 337 g/mol. The second-order valence-electron chi connectivity index (χ2n) is 5.69. The van der Waals surface area contributed by atoms with Gasteiger partial charge in [0.25, 0.3) is 0 Å². The molecule has 0 aliphatic heterocycles. The highest BCUT2D eigenvalue weighted by Gasteiger charge is 1.93. The van der Waals surface area contributed by atoms with E-state index in [1.807, 2.05) is 0 Å². The number of carbonyl (C=O) groups excluding carboxylic acids is 1. The first-order valence-corrected chi connectivity index (χ1v) is 9.43. The molecule has 0 saturated carbocycles. The van der Waals surface area contributed by atoms with Crippen molar-refractivity contribution in [1.82, 2.24) is 0 Å². The van der Waals surface area contributed by atoms with Crippen LogP contribution in [0.1, 0.15) is 77.6 Å². The number of hydrogen-bond acceptors (Lipinski definition) is 1. The lowest BCUT2D eigenvalue weighted by atomic mass is 10.2. The maximum atomic E-state index is 10.5. The fourth-order valence-electron chi connectivity index (χ4n) is 2.09. The monoisotopic (exact) mass is 336 g/mol. The van der Waals surface area contributed by atoms with Crippen LogP contribution in [0.4, 0.5) is 0 Å². The van der Waals surface area contributed by atoms with Crippen LogP contribution < -0.4 is 0 Å². The van der Waals surface area contributed by atoms with Crippen molar-refractivity contribution in [1.29, 1.82) is 0 Å². The van der Waals surface area contributed by atoms with Gasteiger partial charge in [-0.05, 0) is 63.0 Å². The zero-order valence-corrected chi connectivity index (χ0v) is 15.4. The van der Waals surface area contributed by atoms with Crippen molar-refractivity contribution in [2.24, 2.45) is 0 Å². The average Bonchev–Trinajstić information content (AvgIpc) is 2.53. The Morgan fingerprint density at radius 3 is 1.57 bits per heavy atom. The first kappa shape index (κ1) is 21.9. The van der Waals surface area contributed by atoms with Crippen LogP contribution in [0.3, 0.4) is 0 Å². The number of allylic oxidation sites excluding steroid dienone is 8. The second kappa shape index (κ2) is 19.0. The summed E-state index contributed by atoms with van der Waals surface area (Å²) in [6.07, 6.45) is 29.4. The van der Waals surface area contributed by atoms with Gasteiger partial charge in [0.2, 0.25) is 5.24 Å². The van der Waals surface area contributed by atoms with Gasteiger partial charge in [0.05, 0.1) is 0 Å². The van der Waals surface area contributed by atoms with E-state index in [0.29, 0.717) is 6.42 Å². The molecule has 0 aliphatic rings. The van der Waals surface area contributed by atoms with E-state index in [-0.39, 0.29) is 5.24 Å². The van der Waals surface area contributed by atoms with Crippen LogP contribution in [0.2, 0.25) is 0 Å². The van der Waals surface area contributed by atoms with Crippen LogP contribution in [-0.4, -0.2) is 5.24 Å². The van der Waals surface area contributed by atoms with Crippen LogP contribution >= 0.6 is 11.6 Å². The summed E-state index contributed by atoms with van der Waals surface area (Å²) in [6, 6.07) is 0. The van der Waals surface area contributed by atoms with Gasteiger partial charge < -0.3 is 0 Å². The third-order valence-electron chi connectivity index (χ3n) is 3.45. The zero-order valence-electron chi connectivity index (χ0n) is 14.7. The van der Waals surface area contributed by atoms with Crippen molar-refractivity contribution in [3.8, 4) is 0 Å². The molecule has 0 fully saturated rings. The molecule has 0 atom stereocenters. The highest BCUT2D eigenvalue weighted by Crippen LogP contribution is 2.04. The summed E-state index contributed by atoms with van der Waals surface area (Å²) in [5.74, 6) is 0. The zero-order chi connectivity index (χ0) is 17.0. The molecule has 1 nitrogen and oxygen atoms in total. The molecule has 0 saturated heterocycles. The molecule has 0 radical (unpaired) electrons. The summed E-state index contributed by atoms with van der Waals surface area (Å²) in [6.45, 7) is 2.24. The van der Waals surface area contributed by atoms with Gasteiger partial charge in [0, 0.05) is 6.42 Å². The second-order valence-corrected chi connectivity index (χ2v) is 6.11. The van der Waals surface area contributed by atoms with Crippen molar-refractivity contribution in [3.63, 3.8) is 0 Å². The van der Waals surface area contributed by atoms with E-state index in [4.69, 9.17) is 11.6 Å². The molecule has 0 N–H and O–H groups in total. The molecule has 2 heteroatoms. The Labute approximate surface area is 148 Å². The van der Waals surface area contributed by atoms with Gasteiger partial charge in [-0.1, -0.05) is 68.4 Å². The van der Waals surface area contributed by atoms with Crippen LogP contribution in [0, 0.1) is 0 Å². The quantitative estimate of drug-likeness (QED) is 0.174. The molecule has 130 valence electrons. The topological polar surface area (TPSA) is 17.1 Å². The van der Waals surface area contributed by atoms with Crippen molar-refractivity contribution in [3.05, 3.63) is 48.6 Å². The van der Waals surface area contributed by atoms with E-state index in [1.165, 1.54) is 25.7 Å². The predicted molar refractivity (Wildman–Crippen MR) is 104 cm³/mol. The molecule has 0 aromatic heterocycles. The number of unbranched alkanes of at least 4 members (excludes halogenated alkanes) is 5. The van der Waals surface area contributed by atoms with Gasteiger partial charge in [-0.3, -0.25) is 4.79 Å². The lowest BCUT2D eigenvalue weighted by molar-refractivity contribution is -0.111. The SMILES string of the molecule is CCCCC/C=C/C/C=C\C/C=C\C/C=C/CCCCC(=O)Cl. The lowest BCUT2D eigenvalue weighted by Gasteiger charge is -1.92. The Hall–Kier alpha value is -1.08. The fraction of sp³-hybridized carbons (Fsp3) is 0.571. The molecule has 0 aromatic carbocycles. The van der Waals surface area contributed by atoms with Crippen LogP contribution in [0.5, 0.6) is 0 Å². The highest BCUT2D eigenvalue weighted by atomic mass is 35.5. The highest BCUT2D eigenvalue weighted by molar-refractivity contribution is 6.63. The molecule has 0 bridgehead atoms. The first-order valence-electron chi connectivity index (χ1n) is 9.05. The number of rotatable bonds is 15. The Bertz CT molecular complexity index is 377. The number of hydrogen-bond donors (Lipinski definition) is 0. The molecule has 0 aliphatic carbocycles. The molecule has 0 amide bonds. The summed E-state index contributed by atoms with van der Waals surface area (Å²) in [5.41, 5.74) is 0. The molecule has 0 rings (SSSR count). The molecule has 0 aromatic rings. The van der Waals surface area contributed by atoms with Crippen molar-refractivity contribution < 1.29 is 4.79 Å². The van der Waals surface area contributed by atoms with Crippen molar-refractivity contribution >= 4 is 16.8 Å². The smallest absolute Gasteiger partial charge is 0.221 e. The van der Waals surface area contributed by atoms with Gasteiger partial charge in [0.1, 0.15) is 0 Å². The summed E-state index contributed by atoms with van der Waals surface area (Å²) in [4.78, 5) is 10.5. The van der Waals surface area contributed by atoms with Gasteiger partial charge >= 0.3 is 0 Å². The van der Waals surface area contributed by atoms with E-state index in [1.54, 1.807) is 0 Å². The minimum absolute atomic E-state index is 0.225. The third kappa shape index (κ3) is 20.9. The summed E-state index contributed by atoms with van der Waals surface area (Å²) in [5, 5.41) is -0.225. The minimum atomic E-state index is -0.225. The summed E-state index contributed by atoms with van der Waals surface area (Å²) < 4.78 is 0. The predicted octanol–water partition coefficient (Wildman–Crippen LogP) is 7.29.